The van der Waals surface area contributed by atoms with Gasteiger partial charge in [0.25, 0.3) is 0 Å². The van der Waals surface area contributed by atoms with Crippen LogP contribution in [-0.4, -0.2) is 102 Å². The number of benzene rings is 2. The third-order valence-corrected chi connectivity index (χ3v) is 12.6. The van der Waals surface area contributed by atoms with Gasteiger partial charge >= 0.3 is 0 Å². The van der Waals surface area contributed by atoms with E-state index in [1.54, 1.807) is 12.1 Å². The quantitative estimate of drug-likeness (QED) is 0.0261. The van der Waals surface area contributed by atoms with Gasteiger partial charge in [-0.05, 0) is 132 Å². The highest BCUT2D eigenvalue weighted by Gasteiger charge is 2.34. The van der Waals surface area contributed by atoms with Crippen molar-refractivity contribution in [2.75, 3.05) is 13.1 Å². The molecule has 0 bridgehead atoms. The lowest BCUT2D eigenvalue weighted by molar-refractivity contribution is -0.135. The van der Waals surface area contributed by atoms with Crippen LogP contribution in [-0.2, 0) is 41.6 Å². The molecule has 0 unspecified atom stereocenters. The number of carbonyl (C=O) groups excluding carboxylic acids is 6. The highest BCUT2D eigenvalue weighted by atomic mass is 127. The molecule has 23 heteroatoms. The number of halogens is 3. The first-order chi connectivity index (χ1) is 31.2. The van der Waals surface area contributed by atoms with Gasteiger partial charge in [-0.1, -0.05) is 44.2 Å². The molecule has 66 heavy (non-hydrogen) atoms. The fourth-order valence-corrected chi connectivity index (χ4v) is 9.25. The number of aliphatic imine (C=N–C) groups is 2. The molecule has 1 aliphatic rings. The molecule has 18 N–H and O–H groups in total. The number of phenolic OH excluding ortho intramolecular Hbond substituents is 1. The van der Waals surface area contributed by atoms with E-state index in [1.807, 2.05) is 45.2 Å². The summed E-state index contributed by atoms with van der Waals surface area (Å²) >= 11 is 3.91. The zero-order valence-corrected chi connectivity index (χ0v) is 41.3. The van der Waals surface area contributed by atoms with Crippen LogP contribution in [0.5, 0.6) is 5.75 Å². The predicted molar refractivity (Wildman–Crippen MR) is 265 cm³/mol. The third-order valence-electron chi connectivity index (χ3n) is 10.9. The van der Waals surface area contributed by atoms with Crippen molar-refractivity contribution >= 4 is 92.5 Å². The second-order valence-electron chi connectivity index (χ2n) is 16.4. The standard InChI is InChI=1S/C43H64FI2N13O7/c1-23(47)37(62)58-33(21-25-12-14-27(44)15-13-25)40(65)56-31(11-7-17-54-43(51)52)39(64)59-34(20-24-8-3-2-4-9-24)41(66)55-30(10-5-6-16-53-42(49)50)38(63)57-32(36(48)61)22-26-18-28(45)35(60)29(46)19-26/h12-15,18-19,23-24,30-34,60H,2-11,16-17,20-22,47H2,1H3,(H2,48,61)(H,55,66)(H,56,65)(H,57,63)(H,58,62)(H,59,64)(H4,49,50,53)(H4,51,52,54)/t23-,30-,31-,32-,33-,34-/m0/s1. The largest absolute Gasteiger partial charge is 0.506 e. The molecule has 3 rings (SSSR count). The Hall–Kier alpha value is -5.05. The van der Waals surface area contributed by atoms with Crippen molar-refractivity contribution in [3.05, 3.63) is 60.5 Å². The number of hydrogen-bond acceptors (Lipinski definition) is 10. The van der Waals surface area contributed by atoms with Crippen molar-refractivity contribution < 1.29 is 38.3 Å². The summed E-state index contributed by atoms with van der Waals surface area (Å²) in [5, 5.41) is 23.9. The summed E-state index contributed by atoms with van der Waals surface area (Å²) in [4.78, 5) is 90.4. The minimum Gasteiger partial charge on any atom is -0.506 e. The van der Waals surface area contributed by atoms with Crippen LogP contribution < -0.4 is 61.0 Å². The van der Waals surface area contributed by atoms with Crippen LogP contribution in [0, 0.1) is 18.9 Å². The first kappa shape index (κ1) is 55.3. The van der Waals surface area contributed by atoms with Crippen molar-refractivity contribution in [3.63, 3.8) is 0 Å². The number of aromatic hydroxyl groups is 1. The lowest BCUT2D eigenvalue weighted by Gasteiger charge is -2.30. The molecule has 6 atom stereocenters. The van der Waals surface area contributed by atoms with E-state index in [0.29, 0.717) is 31.1 Å². The van der Waals surface area contributed by atoms with Crippen LogP contribution in [0.2, 0.25) is 0 Å². The average molecular weight is 1150 g/mol. The average Bonchev–Trinajstić information content (AvgIpc) is 3.25. The molecule has 1 fully saturated rings. The maximum Gasteiger partial charge on any atom is 0.243 e. The Balaban J connectivity index is 1.94. The van der Waals surface area contributed by atoms with Crippen LogP contribution in [0.1, 0.15) is 88.7 Å². The van der Waals surface area contributed by atoms with Crippen molar-refractivity contribution in [1.29, 1.82) is 0 Å². The third kappa shape index (κ3) is 19.8. The second kappa shape index (κ2) is 28.2. The van der Waals surface area contributed by atoms with E-state index in [0.717, 1.165) is 32.1 Å². The molecule has 0 heterocycles. The monoisotopic (exact) mass is 1150 g/mol. The number of nitrogens with two attached hydrogens (primary N) is 6. The Morgan fingerprint density at radius 3 is 1.64 bits per heavy atom. The molecule has 0 radical (unpaired) electrons. The van der Waals surface area contributed by atoms with Gasteiger partial charge in [0.2, 0.25) is 35.4 Å². The molecule has 364 valence electrons. The number of primary amides is 1. The number of hydrogen-bond donors (Lipinski definition) is 12. The Labute approximate surface area is 411 Å². The second-order valence-corrected chi connectivity index (χ2v) is 18.8. The number of rotatable bonds is 26. The summed E-state index contributed by atoms with van der Waals surface area (Å²) < 4.78 is 14.8. The number of nitrogens with zero attached hydrogens (tertiary/aromatic N) is 2. The van der Waals surface area contributed by atoms with Crippen molar-refractivity contribution in [3.8, 4) is 5.75 Å². The first-order valence-electron chi connectivity index (χ1n) is 21.8. The molecule has 20 nitrogen and oxygen atoms in total. The van der Waals surface area contributed by atoms with Crippen LogP contribution in [0.15, 0.2) is 46.4 Å². The van der Waals surface area contributed by atoms with Gasteiger partial charge in [0.1, 0.15) is 41.8 Å². The van der Waals surface area contributed by atoms with Crippen molar-refractivity contribution in [2.45, 2.75) is 127 Å². The van der Waals surface area contributed by atoms with E-state index in [1.165, 1.54) is 31.2 Å². The lowest BCUT2D eigenvalue weighted by Crippen LogP contribution is -2.60. The van der Waals surface area contributed by atoms with Gasteiger partial charge in [0, 0.05) is 25.9 Å². The summed E-state index contributed by atoms with van der Waals surface area (Å²) in [7, 11) is 0. The topological polar surface area (TPSA) is 364 Å². The van der Waals surface area contributed by atoms with E-state index in [4.69, 9.17) is 34.4 Å². The van der Waals surface area contributed by atoms with Crippen LogP contribution >= 0.6 is 45.2 Å². The summed E-state index contributed by atoms with van der Waals surface area (Å²) in [6.07, 6.45) is 5.73. The predicted octanol–water partition coefficient (Wildman–Crippen LogP) is 0.250. The van der Waals surface area contributed by atoms with Gasteiger partial charge in [0.05, 0.1) is 13.2 Å². The molecule has 2 aromatic carbocycles. The molecule has 0 spiro atoms. The maximum absolute atomic E-state index is 14.5. The van der Waals surface area contributed by atoms with Gasteiger partial charge in [-0.15, -0.1) is 0 Å². The maximum atomic E-state index is 14.5. The molecule has 1 aliphatic carbocycles. The van der Waals surface area contributed by atoms with Crippen LogP contribution in [0.4, 0.5) is 4.39 Å². The van der Waals surface area contributed by atoms with Gasteiger partial charge < -0.3 is 66.1 Å². The molecule has 0 aliphatic heterocycles. The summed E-state index contributed by atoms with van der Waals surface area (Å²) in [6, 6.07) is 1.61. The van der Waals surface area contributed by atoms with Crippen molar-refractivity contribution in [1.82, 2.24) is 26.6 Å². The number of unbranched alkanes of at least 4 members (excludes halogenated alkanes) is 1. The Kier molecular flexibility index (Phi) is 23.6. The Morgan fingerprint density at radius 1 is 0.652 bits per heavy atom. The highest BCUT2D eigenvalue weighted by molar-refractivity contribution is 14.1. The van der Waals surface area contributed by atoms with Crippen LogP contribution in [0.3, 0.4) is 0 Å². The molecular formula is C43H64FI2N13O7. The molecule has 0 aromatic heterocycles. The fraction of sp³-hybridized carbons (Fsp3) is 0.535. The van der Waals surface area contributed by atoms with Gasteiger partial charge in [-0.25, -0.2) is 4.39 Å². The van der Waals surface area contributed by atoms with Gasteiger partial charge in [-0.3, -0.25) is 38.8 Å². The van der Waals surface area contributed by atoms with Gasteiger partial charge in [0.15, 0.2) is 11.9 Å². The van der Waals surface area contributed by atoms with E-state index in [9.17, 15) is 38.3 Å². The summed E-state index contributed by atoms with van der Waals surface area (Å²) in [5.41, 5.74) is 34.7. The van der Waals surface area contributed by atoms with Crippen molar-refractivity contribution in [2.24, 2.45) is 50.3 Å². The molecule has 6 amide bonds. The number of carbonyl (C=O) groups is 6. The molecular weight excluding hydrogens is 1080 g/mol. The zero-order chi connectivity index (χ0) is 48.9. The lowest BCUT2D eigenvalue weighted by atomic mass is 9.84. The minimum absolute atomic E-state index is 0.00506. The van der Waals surface area contributed by atoms with Gasteiger partial charge in [-0.2, -0.15) is 0 Å². The highest BCUT2D eigenvalue weighted by Crippen LogP contribution is 2.29. The van der Waals surface area contributed by atoms with E-state index >= 15 is 0 Å². The molecule has 0 saturated heterocycles. The first-order valence-corrected chi connectivity index (χ1v) is 24.0. The number of phenols is 1. The van der Waals surface area contributed by atoms with E-state index in [2.05, 4.69) is 36.6 Å². The fourth-order valence-electron chi connectivity index (χ4n) is 7.35. The Morgan fingerprint density at radius 2 is 1.11 bits per heavy atom. The normalized spacial score (nSPS) is 15.3. The number of guanidine groups is 2. The van der Waals surface area contributed by atoms with Crippen LogP contribution in [0.25, 0.3) is 0 Å². The number of amides is 6. The van der Waals surface area contributed by atoms with E-state index in [-0.39, 0.29) is 75.2 Å². The Bertz CT molecular complexity index is 2010. The SMILES string of the molecule is C[C@H](N)C(=O)N[C@@H](Cc1ccc(F)cc1)C(=O)N[C@@H](CCCN=C(N)N)C(=O)N[C@@H](CC1CCCCC1)C(=O)N[C@@H](CCCCN=C(N)N)C(=O)N[C@@H](Cc1cc(I)c(O)c(I)c1)C(N)=O. The summed E-state index contributed by atoms with van der Waals surface area (Å²) in [5.74, 6) is -4.99. The molecule has 1 saturated carbocycles. The van der Waals surface area contributed by atoms with E-state index < -0.39 is 77.5 Å². The number of nitrogens with one attached hydrogen (secondary N) is 5. The smallest absolute Gasteiger partial charge is 0.243 e. The zero-order valence-electron chi connectivity index (χ0n) is 37.0. The molecule has 2 aromatic rings. The minimum atomic E-state index is -1.27. The summed E-state index contributed by atoms with van der Waals surface area (Å²) in [6.45, 7) is 1.80.